The summed E-state index contributed by atoms with van der Waals surface area (Å²) in [6.07, 6.45) is 1.75. The minimum Gasteiger partial charge on any atom is -0.300 e. The molecule has 0 atom stereocenters. The molecule has 4 heteroatoms. The second-order valence-corrected chi connectivity index (χ2v) is 3.27. The molecule has 1 heterocycles. The maximum atomic E-state index is 10.8. The first kappa shape index (κ1) is 9.49. The van der Waals surface area contributed by atoms with Crippen molar-refractivity contribution in [1.29, 1.82) is 0 Å². The van der Waals surface area contributed by atoms with Gasteiger partial charge in [0.25, 0.3) is 0 Å². The zero-order valence-electron chi connectivity index (χ0n) is 6.47. The Balaban J connectivity index is 2.97. The van der Waals surface area contributed by atoms with Gasteiger partial charge in [-0.05, 0) is 18.6 Å². The number of halogens is 2. The van der Waals surface area contributed by atoms with Crippen molar-refractivity contribution in [2.75, 3.05) is 0 Å². The highest BCUT2D eigenvalue weighted by Gasteiger charge is 2.04. The van der Waals surface area contributed by atoms with Crippen LogP contribution in [-0.4, -0.2) is 10.8 Å². The summed E-state index contributed by atoms with van der Waals surface area (Å²) in [6, 6.07) is 1.60. The molecular weight excluding hydrogens is 197 g/mol. The van der Waals surface area contributed by atoms with E-state index < -0.39 is 0 Å². The van der Waals surface area contributed by atoms with Gasteiger partial charge in [-0.15, -0.1) is 0 Å². The lowest BCUT2D eigenvalue weighted by Gasteiger charge is -2.00. The zero-order chi connectivity index (χ0) is 9.14. The largest absolute Gasteiger partial charge is 0.300 e. The molecule has 0 fully saturated rings. The van der Waals surface area contributed by atoms with Gasteiger partial charge in [-0.1, -0.05) is 23.2 Å². The Morgan fingerprint density at radius 1 is 1.58 bits per heavy atom. The number of carbonyl (C=O) groups excluding carboxylic acids is 1. The first-order valence-electron chi connectivity index (χ1n) is 3.39. The Bertz CT molecular complexity index is 312. The summed E-state index contributed by atoms with van der Waals surface area (Å²) in [6.45, 7) is 1.50. The number of carbonyl (C=O) groups is 1. The van der Waals surface area contributed by atoms with Crippen LogP contribution in [0.15, 0.2) is 12.3 Å². The monoisotopic (exact) mass is 203 g/mol. The van der Waals surface area contributed by atoms with E-state index in [9.17, 15) is 4.79 Å². The van der Waals surface area contributed by atoms with E-state index in [1.807, 2.05) is 0 Å². The molecule has 0 aromatic carbocycles. The fourth-order valence-corrected chi connectivity index (χ4v) is 1.21. The third-order valence-corrected chi connectivity index (χ3v) is 1.89. The molecule has 0 aliphatic heterocycles. The Labute approximate surface area is 80.5 Å². The molecule has 1 aromatic heterocycles. The fraction of sp³-hybridized carbons (Fsp3) is 0.250. The second-order valence-electron chi connectivity index (χ2n) is 2.48. The normalized spacial score (nSPS) is 9.92. The lowest BCUT2D eigenvalue weighted by Crippen LogP contribution is -1.97. The lowest BCUT2D eigenvalue weighted by atomic mass is 10.1. The van der Waals surface area contributed by atoms with Crippen molar-refractivity contribution in [2.24, 2.45) is 0 Å². The first-order valence-corrected chi connectivity index (χ1v) is 4.14. The standard InChI is InChI=1S/C8H7Cl2NO/c1-5(12)2-6-3-8(10)11-4-7(6)9/h3-4H,2H2,1H3. The van der Waals surface area contributed by atoms with Crippen molar-refractivity contribution in [3.63, 3.8) is 0 Å². The SMILES string of the molecule is CC(=O)Cc1cc(Cl)ncc1Cl. The van der Waals surface area contributed by atoms with Gasteiger partial charge in [-0.3, -0.25) is 4.79 Å². The summed E-state index contributed by atoms with van der Waals surface area (Å²) in [5, 5.41) is 0.838. The van der Waals surface area contributed by atoms with E-state index >= 15 is 0 Å². The van der Waals surface area contributed by atoms with Gasteiger partial charge < -0.3 is 0 Å². The predicted molar refractivity (Wildman–Crippen MR) is 48.6 cm³/mol. The van der Waals surface area contributed by atoms with Crippen LogP contribution >= 0.6 is 23.2 Å². The molecule has 0 aliphatic rings. The van der Waals surface area contributed by atoms with E-state index in [1.54, 1.807) is 6.07 Å². The summed E-state index contributed by atoms with van der Waals surface area (Å²) < 4.78 is 0. The van der Waals surface area contributed by atoms with Crippen LogP contribution in [0.1, 0.15) is 12.5 Å². The number of ketones is 1. The Morgan fingerprint density at radius 2 is 2.25 bits per heavy atom. The van der Waals surface area contributed by atoms with E-state index in [2.05, 4.69) is 4.98 Å². The zero-order valence-corrected chi connectivity index (χ0v) is 7.99. The van der Waals surface area contributed by atoms with E-state index in [4.69, 9.17) is 23.2 Å². The number of pyridine rings is 1. The van der Waals surface area contributed by atoms with Crippen LogP contribution in [0.4, 0.5) is 0 Å². The van der Waals surface area contributed by atoms with Crippen LogP contribution in [0.25, 0.3) is 0 Å². The van der Waals surface area contributed by atoms with Gasteiger partial charge in [0, 0.05) is 12.6 Å². The fourth-order valence-electron chi connectivity index (χ4n) is 0.855. The Kier molecular flexibility index (Phi) is 3.06. The van der Waals surface area contributed by atoms with Crippen LogP contribution in [0, 0.1) is 0 Å². The van der Waals surface area contributed by atoms with Gasteiger partial charge >= 0.3 is 0 Å². The minimum absolute atomic E-state index is 0.0548. The van der Waals surface area contributed by atoms with Crippen molar-refractivity contribution < 1.29 is 4.79 Å². The van der Waals surface area contributed by atoms with Crippen LogP contribution < -0.4 is 0 Å². The molecule has 12 heavy (non-hydrogen) atoms. The van der Waals surface area contributed by atoms with Crippen LogP contribution in [0.5, 0.6) is 0 Å². The molecule has 2 nitrogen and oxygen atoms in total. The lowest BCUT2D eigenvalue weighted by molar-refractivity contribution is -0.116. The molecule has 1 aromatic rings. The number of aromatic nitrogens is 1. The molecule has 0 bridgehead atoms. The number of Topliss-reactive ketones (excluding diaryl/α,β-unsaturated/α-hetero) is 1. The smallest absolute Gasteiger partial charge is 0.134 e. The predicted octanol–water partition coefficient (Wildman–Crippen LogP) is 2.52. The summed E-state index contributed by atoms with van der Waals surface area (Å²) >= 11 is 11.4. The van der Waals surface area contributed by atoms with Gasteiger partial charge in [0.05, 0.1) is 5.02 Å². The van der Waals surface area contributed by atoms with Crippen molar-refractivity contribution in [2.45, 2.75) is 13.3 Å². The highest BCUT2D eigenvalue weighted by atomic mass is 35.5. The molecule has 0 radical (unpaired) electrons. The summed E-state index contributed by atoms with van der Waals surface area (Å²) in [7, 11) is 0. The minimum atomic E-state index is 0.0548. The maximum absolute atomic E-state index is 10.8. The average Bonchev–Trinajstić information content (AvgIpc) is 1.96. The molecule has 0 N–H and O–H groups in total. The molecule has 0 unspecified atom stereocenters. The van der Waals surface area contributed by atoms with Crippen LogP contribution in [-0.2, 0) is 11.2 Å². The quantitative estimate of drug-likeness (QED) is 0.692. The van der Waals surface area contributed by atoms with E-state index in [1.165, 1.54) is 13.1 Å². The first-order chi connectivity index (χ1) is 5.59. The van der Waals surface area contributed by atoms with Crippen molar-refractivity contribution >= 4 is 29.0 Å². The van der Waals surface area contributed by atoms with Gasteiger partial charge in [0.15, 0.2) is 0 Å². The molecule has 0 saturated carbocycles. The van der Waals surface area contributed by atoms with Crippen LogP contribution in [0.3, 0.4) is 0 Å². The van der Waals surface area contributed by atoms with Gasteiger partial charge in [0.1, 0.15) is 10.9 Å². The molecular formula is C8H7Cl2NO. The molecule has 64 valence electrons. The molecule has 0 aliphatic carbocycles. The highest BCUT2D eigenvalue weighted by Crippen LogP contribution is 2.18. The number of rotatable bonds is 2. The van der Waals surface area contributed by atoms with Crippen molar-refractivity contribution in [3.05, 3.63) is 28.0 Å². The molecule has 1 rings (SSSR count). The van der Waals surface area contributed by atoms with Gasteiger partial charge in [-0.25, -0.2) is 4.98 Å². The third-order valence-electron chi connectivity index (χ3n) is 1.34. The van der Waals surface area contributed by atoms with Crippen molar-refractivity contribution in [1.82, 2.24) is 4.98 Å². The third kappa shape index (κ3) is 2.47. The Morgan fingerprint density at radius 3 is 2.83 bits per heavy atom. The van der Waals surface area contributed by atoms with E-state index in [0.29, 0.717) is 16.6 Å². The number of hydrogen-bond donors (Lipinski definition) is 0. The Hall–Kier alpha value is -0.600. The summed E-state index contributed by atoms with van der Waals surface area (Å²) in [5.74, 6) is 0.0548. The number of nitrogens with zero attached hydrogens (tertiary/aromatic N) is 1. The molecule has 0 amide bonds. The van der Waals surface area contributed by atoms with E-state index in [0.717, 1.165) is 5.56 Å². The average molecular weight is 204 g/mol. The second kappa shape index (κ2) is 3.87. The topological polar surface area (TPSA) is 30.0 Å². The van der Waals surface area contributed by atoms with Crippen molar-refractivity contribution in [3.8, 4) is 0 Å². The summed E-state index contributed by atoms with van der Waals surface area (Å²) in [5.41, 5.74) is 0.726. The molecule has 0 spiro atoms. The number of hydrogen-bond acceptors (Lipinski definition) is 2. The van der Waals surface area contributed by atoms with E-state index in [-0.39, 0.29) is 5.78 Å². The summed E-state index contributed by atoms with van der Waals surface area (Å²) in [4.78, 5) is 14.5. The molecule has 0 saturated heterocycles. The van der Waals surface area contributed by atoms with Gasteiger partial charge in [-0.2, -0.15) is 0 Å². The van der Waals surface area contributed by atoms with Gasteiger partial charge in [0.2, 0.25) is 0 Å². The maximum Gasteiger partial charge on any atom is 0.134 e. The highest BCUT2D eigenvalue weighted by molar-refractivity contribution is 6.32. The van der Waals surface area contributed by atoms with Crippen LogP contribution in [0.2, 0.25) is 10.2 Å².